The molecule has 2 aromatic rings. The zero-order valence-corrected chi connectivity index (χ0v) is 10.6. The Morgan fingerprint density at radius 2 is 2.21 bits per heavy atom. The molecule has 0 atom stereocenters. The molecule has 0 fully saturated rings. The van der Waals surface area contributed by atoms with Crippen LogP contribution in [0.2, 0.25) is 0 Å². The minimum atomic E-state index is -0.254. The van der Waals surface area contributed by atoms with Crippen LogP contribution in [-0.2, 0) is 0 Å². The van der Waals surface area contributed by atoms with Crippen LogP contribution in [0.1, 0.15) is 0 Å². The van der Waals surface area contributed by atoms with Gasteiger partial charge in [-0.3, -0.25) is 5.10 Å². The molecule has 0 saturated carbocycles. The van der Waals surface area contributed by atoms with Gasteiger partial charge in [-0.2, -0.15) is 5.10 Å². The summed E-state index contributed by atoms with van der Waals surface area (Å²) in [4.78, 5) is 0. The van der Waals surface area contributed by atoms with Gasteiger partial charge in [0.05, 0.1) is 15.5 Å². The van der Waals surface area contributed by atoms with Gasteiger partial charge in [0.2, 0.25) is 0 Å². The van der Waals surface area contributed by atoms with Gasteiger partial charge in [0, 0.05) is 10.0 Å². The Morgan fingerprint density at radius 1 is 1.43 bits per heavy atom. The van der Waals surface area contributed by atoms with Crippen molar-refractivity contribution >= 4 is 38.5 Å². The summed E-state index contributed by atoms with van der Waals surface area (Å²) in [6.07, 6.45) is 1.73. The summed E-state index contributed by atoms with van der Waals surface area (Å²) in [5.74, 6) is -0.254. The first kappa shape index (κ1) is 10.1. The van der Waals surface area contributed by atoms with Gasteiger partial charge in [0.25, 0.3) is 0 Å². The molecule has 0 saturated heterocycles. The molecule has 0 unspecified atom stereocenters. The van der Waals surface area contributed by atoms with E-state index in [1.807, 2.05) is 0 Å². The van der Waals surface area contributed by atoms with E-state index in [9.17, 15) is 4.39 Å². The molecule has 0 amide bonds. The predicted octanol–water partition coefficient (Wildman–Crippen LogP) is 3.58. The summed E-state index contributed by atoms with van der Waals surface area (Å²) in [6, 6.07) is 4.58. The number of benzene rings is 1. The van der Waals surface area contributed by atoms with Crippen LogP contribution >= 0.6 is 38.5 Å². The quantitative estimate of drug-likeness (QED) is 0.768. The minimum Gasteiger partial charge on any atom is -0.277 e. The monoisotopic (exact) mass is 366 g/mol. The third-order valence-corrected chi connectivity index (χ3v) is 3.27. The van der Waals surface area contributed by atoms with Crippen LogP contribution in [-0.4, -0.2) is 10.2 Å². The molecule has 0 radical (unpaired) electrons. The van der Waals surface area contributed by atoms with Crippen LogP contribution in [0.5, 0.6) is 0 Å². The van der Waals surface area contributed by atoms with Gasteiger partial charge in [-0.25, -0.2) is 4.39 Å². The maximum atomic E-state index is 12.8. The van der Waals surface area contributed by atoms with E-state index in [0.29, 0.717) is 0 Å². The highest BCUT2D eigenvalue weighted by Gasteiger charge is 2.09. The van der Waals surface area contributed by atoms with Gasteiger partial charge in [-0.05, 0) is 56.7 Å². The molecular weight excluding hydrogens is 362 g/mol. The van der Waals surface area contributed by atoms with E-state index in [4.69, 9.17) is 0 Å². The van der Waals surface area contributed by atoms with E-state index in [0.717, 1.165) is 19.3 Å². The summed E-state index contributed by atoms with van der Waals surface area (Å²) in [5, 5.41) is 6.79. The maximum Gasteiger partial charge on any atom is 0.124 e. The SMILES string of the molecule is Fc1ccc(-c2[nH]ncc2I)c(Br)c1. The third kappa shape index (κ3) is 1.83. The number of H-pyrrole nitrogens is 1. The molecule has 0 aliphatic heterocycles. The fourth-order valence-corrected chi connectivity index (χ4v) is 2.25. The average Bonchev–Trinajstić information content (AvgIpc) is 2.52. The van der Waals surface area contributed by atoms with Gasteiger partial charge in [0.1, 0.15) is 5.82 Å². The number of hydrogen-bond acceptors (Lipinski definition) is 1. The van der Waals surface area contributed by atoms with Crippen LogP contribution in [0.4, 0.5) is 4.39 Å². The third-order valence-electron chi connectivity index (χ3n) is 1.79. The fraction of sp³-hybridized carbons (Fsp3) is 0. The van der Waals surface area contributed by atoms with Crippen molar-refractivity contribution in [2.24, 2.45) is 0 Å². The van der Waals surface area contributed by atoms with Crippen molar-refractivity contribution in [2.45, 2.75) is 0 Å². The molecule has 0 spiro atoms. The lowest BCUT2D eigenvalue weighted by Crippen LogP contribution is -1.84. The first-order valence-electron chi connectivity index (χ1n) is 3.83. The largest absolute Gasteiger partial charge is 0.277 e. The van der Waals surface area contributed by atoms with Crippen molar-refractivity contribution in [3.05, 3.63) is 38.3 Å². The Hall–Kier alpha value is -0.430. The normalized spacial score (nSPS) is 10.5. The number of rotatable bonds is 1. The Bertz CT molecular complexity index is 470. The van der Waals surface area contributed by atoms with Crippen molar-refractivity contribution < 1.29 is 4.39 Å². The number of nitrogens with zero attached hydrogens (tertiary/aromatic N) is 1. The lowest BCUT2D eigenvalue weighted by Gasteiger charge is -2.02. The first-order valence-corrected chi connectivity index (χ1v) is 5.70. The average molecular weight is 367 g/mol. The Labute approximate surface area is 102 Å². The number of hydrogen-bond donors (Lipinski definition) is 1. The Morgan fingerprint density at radius 3 is 2.79 bits per heavy atom. The summed E-state index contributed by atoms with van der Waals surface area (Å²) >= 11 is 5.49. The number of nitrogens with one attached hydrogen (secondary N) is 1. The molecule has 1 aromatic heterocycles. The molecule has 5 heteroatoms. The summed E-state index contributed by atoms with van der Waals surface area (Å²) in [5.41, 5.74) is 1.81. The van der Waals surface area contributed by atoms with Crippen LogP contribution < -0.4 is 0 Å². The van der Waals surface area contributed by atoms with Gasteiger partial charge in [-0.15, -0.1) is 0 Å². The molecule has 0 aliphatic rings. The van der Waals surface area contributed by atoms with E-state index in [-0.39, 0.29) is 5.82 Å². The number of aromatic nitrogens is 2. The van der Waals surface area contributed by atoms with Gasteiger partial charge >= 0.3 is 0 Å². The highest BCUT2D eigenvalue weighted by atomic mass is 127. The fourth-order valence-electron chi connectivity index (χ4n) is 1.15. The second kappa shape index (κ2) is 3.98. The van der Waals surface area contributed by atoms with Crippen LogP contribution in [0.3, 0.4) is 0 Å². The van der Waals surface area contributed by atoms with Crippen molar-refractivity contribution in [3.63, 3.8) is 0 Å². The zero-order chi connectivity index (χ0) is 10.1. The van der Waals surface area contributed by atoms with Crippen LogP contribution in [0.25, 0.3) is 11.3 Å². The predicted molar refractivity (Wildman–Crippen MR) is 64.4 cm³/mol. The van der Waals surface area contributed by atoms with E-state index in [1.165, 1.54) is 12.1 Å². The molecular formula is C9H5BrFIN2. The molecule has 1 heterocycles. The first-order chi connectivity index (χ1) is 6.68. The molecule has 1 N–H and O–H groups in total. The molecule has 0 aliphatic carbocycles. The standard InChI is InChI=1S/C9H5BrFIN2/c10-7-3-5(11)1-2-6(7)9-8(12)4-13-14-9/h1-4H,(H,13,14). The van der Waals surface area contributed by atoms with Crippen molar-refractivity contribution in [3.8, 4) is 11.3 Å². The Balaban J connectivity index is 2.58. The van der Waals surface area contributed by atoms with E-state index >= 15 is 0 Å². The molecule has 14 heavy (non-hydrogen) atoms. The van der Waals surface area contributed by atoms with Gasteiger partial charge < -0.3 is 0 Å². The van der Waals surface area contributed by atoms with Crippen LogP contribution in [0, 0.1) is 9.39 Å². The zero-order valence-electron chi connectivity index (χ0n) is 6.89. The topological polar surface area (TPSA) is 28.7 Å². The molecule has 1 aromatic carbocycles. The van der Waals surface area contributed by atoms with Gasteiger partial charge in [0.15, 0.2) is 0 Å². The van der Waals surface area contributed by atoms with E-state index in [2.05, 4.69) is 48.7 Å². The van der Waals surface area contributed by atoms with Crippen molar-refractivity contribution in [2.75, 3.05) is 0 Å². The molecule has 2 rings (SSSR count). The van der Waals surface area contributed by atoms with E-state index < -0.39 is 0 Å². The minimum absolute atomic E-state index is 0.254. The Kier molecular flexibility index (Phi) is 2.87. The lowest BCUT2D eigenvalue weighted by molar-refractivity contribution is 0.627. The molecule has 0 bridgehead atoms. The van der Waals surface area contributed by atoms with Gasteiger partial charge in [-0.1, -0.05) is 0 Å². The highest BCUT2D eigenvalue weighted by Crippen LogP contribution is 2.30. The van der Waals surface area contributed by atoms with E-state index in [1.54, 1.807) is 12.3 Å². The summed E-state index contributed by atoms with van der Waals surface area (Å²) in [7, 11) is 0. The molecule has 2 nitrogen and oxygen atoms in total. The molecule has 72 valence electrons. The number of aromatic amines is 1. The van der Waals surface area contributed by atoms with Crippen molar-refractivity contribution in [1.82, 2.24) is 10.2 Å². The van der Waals surface area contributed by atoms with Crippen molar-refractivity contribution in [1.29, 1.82) is 0 Å². The lowest BCUT2D eigenvalue weighted by atomic mass is 10.1. The summed E-state index contributed by atoms with van der Waals surface area (Å²) in [6.45, 7) is 0. The summed E-state index contributed by atoms with van der Waals surface area (Å²) < 4.78 is 14.6. The highest BCUT2D eigenvalue weighted by molar-refractivity contribution is 14.1. The van der Waals surface area contributed by atoms with Crippen LogP contribution in [0.15, 0.2) is 28.9 Å². The second-order valence-electron chi connectivity index (χ2n) is 2.72. The number of halogens is 3. The maximum absolute atomic E-state index is 12.8. The smallest absolute Gasteiger partial charge is 0.124 e. The second-order valence-corrected chi connectivity index (χ2v) is 4.73.